The van der Waals surface area contributed by atoms with Gasteiger partial charge in [0.2, 0.25) is 0 Å². The first-order valence-corrected chi connectivity index (χ1v) is 15.7. The molecule has 12 heteroatoms. The minimum atomic E-state index is -0.353. The highest BCUT2D eigenvalue weighted by atomic mass is 16.5. The van der Waals surface area contributed by atoms with Crippen LogP contribution in [-0.2, 0) is 32.2 Å². The Morgan fingerprint density at radius 3 is 1.45 bits per heavy atom. The van der Waals surface area contributed by atoms with Crippen LogP contribution in [0, 0.1) is 0 Å². The molecule has 2 aromatic heterocycles. The van der Waals surface area contributed by atoms with Gasteiger partial charge in [0.15, 0.2) is 0 Å². The number of rotatable bonds is 14. The van der Waals surface area contributed by atoms with Gasteiger partial charge < -0.3 is 30.9 Å². The van der Waals surface area contributed by atoms with Gasteiger partial charge in [-0.2, -0.15) is 0 Å². The summed E-state index contributed by atoms with van der Waals surface area (Å²) in [6.45, 7) is 14.4. The number of hydrogen-bond donors (Lipinski definition) is 4. The number of esters is 2. The highest BCUT2D eigenvalue weighted by Gasteiger charge is 2.15. The summed E-state index contributed by atoms with van der Waals surface area (Å²) in [4.78, 5) is 42.4. The van der Waals surface area contributed by atoms with E-state index >= 15 is 0 Å². The summed E-state index contributed by atoms with van der Waals surface area (Å²) in [7, 11) is 0. The van der Waals surface area contributed by atoms with E-state index in [-0.39, 0.29) is 32.5 Å². The lowest BCUT2D eigenvalue weighted by atomic mass is 10.3. The lowest BCUT2D eigenvalue weighted by Crippen LogP contribution is -2.36. The third kappa shape index (κ3) is 13.7. The lowest BCUT2D eigenvalue weighted by molar-refractivity contribution is -0.147. The molecule has 0 amide bonds. The number of H-pyrrole nitrogens is 2. The van der Waals surface area contributed by atoms with Crippen LogP contribution in [0.15, 0.2) is 98.1 Å². The average Bonchev–Trinajstić information content (AvgIpc) is 3.66. The predicted molar refractivity (Wildman–Crippen MR) is 198 cm³/mol. The number of nitrogens with one attached hydrogen (secondary N) is 2. The number of ether oxygens (including phenoxy) is 2. The maximum atomic E-state index is 11.2. The van der Waals surface area contributed by atoms with Crippen molar-refractivity contribution in [3.05, 3.63) is 110 Å². The molecule has 6 N–H and O–H groups in total. The Balaban J connectivity index is 0.000000288. The van der Waals surface area contributed by atoms with Crippen molar-refractivity contribution in [2.75, 3.05) is 50.9 Å². The van der Waals surface area contributed by atoms with Crippen LogP contribution in [-0.4, -0.2) is 81.1 Å². The molecule has 5 rings (SSSR count). The van der Waals surface area contributed by atoms with Gasteiger partial charge in [-0.15, -0.1) is 13.2 Å². The van der Waals surface area contributed by atoms with Crippen LogP contribution in [0.5, 0.6) is 0 Å². The number of hydrogen-bond acceptors (Lipinski definition) is 10. The lowest BCUT2D eigenvalue weighted by Gasteiger charge is -2.18. The highest BCUT2D eigenvalue weighted by Crippen LogP contribution is 2.15. The molecule has 0 atom stereocenters. The number of aromatic nitrogens is 4. The fourth-order valence-electron chi connectivity index (χ4n) is 4.61. The topological polar surface area (TPSA) is 168 Å². The van der Waals surface area contributed by atoms with Gasteiger partial charge in [0.05, 0.1) is 72.8 Å². The Bertz CT molecular complexity index is 1570. The van der Waals surface area contributed by atoms with Crippen LogP contribution < -0.4 is 11.5 Å². The van der Waals surface area contributed by atoms with E-state index in [1.165, 1.54) is 0 Å². The second-order valence-electron chi connectivity index (χ2n) is 10.6. The molecular weight excluding hydrogens is 620 g/mol. The standard InChI is InChI=1S/C19H19N5.C11H19NO4.C6H8N2.CH4/c1-2-11-24(12-18-20-14-7-3-4-8-15(14)21-18)13-19-22-16-9-5-6-10-17(16)23-19;1-4-7-12(8-10(13)15-5-2)9-11(14)16-6-3;7-5-3-1-2-4-6(5)8;/h2-10H,1,11-13H2,(H,20,21)(H,22,23);4H,1,5-9H2,2-3H3;1-4H,7-8H2;1H4. The van der Waals surface area contributed by atoms with Gasteiger partial charge in [-0.3, -0.25) is 19.4 Å². The largest absolute Gasteiger partial charge is 0.465 e. The fourth-order valence-corrected chi connectivity index (χ4v) is 4.61. The average molecular weight is 671 g/mol. The van der Waals surface area contributed by atoms with Crippen LogP contribution in [0.3, 0.4) is 0 Å². The van der Waals surface area contributed by atoms with E-state index in [9.17, 15) is 9.59 Å². The monoisotopic (exact) mass is 670 g/mol. The number of para-hydroxylation sites is 6. The number of nitrogens with two attached hydrogens (primary N) is 2. The number of aromatic amines is 2. The van der Waals surface area contributed by atoms with Crippen molar-refractivity contribution in [3.8, 4) is 0 Å². The van der Waals surface area contributed by atoms with E-state index in [1.807, 2.05) is 66.7 Å². The number of nitrogens with zero attached hydrogens (tertiary/aromatic N) is 4. The molecule has 49 heavy (non-hydrogen) atoms. The second kappa shape index (κ2) is 21.4. The first kappa shape index (κ1) is 39.7. The number of fused-ring (bicyclic) bond motifs is 2. The normalized spacial score (nSPS) is 10.4. The molecule has 0 unspecified atom stereocenters. The summed E-state index contributed by atoms with van der Waals surface area (Å²) in [5, 5.41) is 0. The minimum Gasteiger partial charge on any atom is -0.465 e. The molecule has 2 heterocycles. The van der Waals surface area contributed by atoms with E-state index in [0.29, 0.717) is 31.1 Å². The van der Waals surface area contributed by atoms with Gasteiger partial charge in [-0.05, 0) is 50.2 Å². The Morgan fingerprint density at radius 2 is 1.08 bits per heavy atom. The number of anilines is 2. The van der Waals surface area contributed by atoms with Crippen molar-refractivity contribution >= 4 is 45.4 Å². The number of carbonyl (C=O) groups excluding carboxylic acids is 2. The molecule has 262 valence electrons. The van der Waals surface area contributed by atoms with Gasteiger partial charge >= 0.3 is 11.9 Å². The number of benzene rings is 3. The van der Waals surface area contributed by atoms with Crippen LogP contribution >= 0.6 is 0 Å². The minimum absolute atomic E-state index is 0. The molecule has 0 spiro atoms. The van der Waals surface area contributed by atoms with Gasteiger partial charge in [0.1, 0.15) is 11.6 Å². The summed E-state index contributed by atoms with van der Waals surface area (Å²) in [6, 6.07) is 23.4. The SMILES string of the molecule is C.C=CCN(CC(=O)OCC)CC(=O)OCC.C=CCN(Cc1nc2ccccc2[nH]1)Cc1nc2ccccc2[nH]1.Nc1ccccc1N. The molecule has 0 aliphatic heterocycles. The molecule has 0 fully saturated rings. The van der Waals surface area contributed by atoms with Crippen molar-refractivity contribution in [1.29, 1.82) is 0 Å². The van der Waals surface area contributed by atoms with Crippen LogP contribution in [0.4, 0.5) is 11.4 Å². The summed E-state index contributed by atoms with van der Waals surface area (Å²) in [6.07, 6.45) is 3.53. The molecule has 12 nitrogen and oxygen atoms in total. The Morgan fingerprint density at radius 1 is 0.694 bits per heavy atom. The first-order chi connectivity index (χ1) is 23.3. The molecular formula is C37H50N8O4. The molecule has 0 radical (unpaired) electrons. The van der Waals surface area contributed by atoms with Gasteiger partial charge in [0.25, 0.3) is 0 Å². The Hall–Kier alpha value is -5.46. The van der Waals surface area contributed by atoms with Gasteiger partial charge in [0, 0.05) is 13.1 Å². The van der Waals surface area contributed by atoms with Crippen molar-refractivity contribution in [2.45, 2.75) is 34.4 Å². The highest BCUT2D eigenvalue weighted by molar-refractivity contribution is 5.76. The number of imidazole rings is 2. The maximum Gasteiger partial charge on any atom is 0.320 e. The van der Waals surface area contributed by atoms with E-state index in [1.54, 1.807) is 37.0 Å². The van der Waals surface area contributed by atoms with Gasteiger partial charge in [-0.25, -0.2) is 9.97 Å². The first-order valence-electron chi connectivity index (χ1n) is 15.7. The zero-order chi connectivity index (χ0) is 34.7. The third-order valence-corrected chi connectivity index (χ3v) is 6.71. The molecule has 0 saturated heterocycles. The Kier molecular flexibility index (Phi) is 17.4. The summed E-state index contributed by atoms with van der Waals surface area (Å²) >= 11 is 0. The quantitative estimate of drug-likeness (QED) is 0.0652. The van der Waals surface area contributed by atoms with E-state index in [4.69, 9.17) is 20.9 Å². The second-order valence-corrected chi connectivity index (χ2v) is 10.6. The zero-order valence-corrected chi connectivity index (χ0v) is 27.7. The number of carbonyl (C=O) groups is 2. The molecule has 3 aromatic carbocycles. The molecule has 0 aliphatic rings. The van der Waals surface area contributed by atoms with E-state index in [2.05, 4.69) is 38.0 Å². The summed E-state index contributed by atoms with van der Waals surface area (Å²) in [5.74, 6) is 1.20. The predicted octanol–water partition coefficient (Wildman–Crippen LogP) is 5.72. The van der Waals surface area contributed by atoms with Crippen molar-refractivity contribution in [2.24, 2.45) is 0 Å². The summed E-state index contributed by atoms with van der Waals surface area (Å²) < 4.78 is 9.59. The molecule has 0 saturated carbocycles. The van der Waals surface area contributed by atoms with Crippen molar-refractivity contribution in [1.82, 2.24) is 29.7 Å². The van der Waals surface area contributed by atoms with Crippen LogP contribution in [0.2, 0.25) is 0 Å². The van der Waals surface area contributed by atoms with E-state index < -0.39 is 0 Å². The molecule has 0 aliphatic carbocycles. The third-order valence-electron chi connectivity index (χ3n) is 6.71. The molecule has 0 bridgehead atoms. The zero-order valence-electron chi connectivity index (χ0n) is 27.7. The van der Waals surface area contributed by atoms with Crippen LogP contribution in [0.1, 0.15) is 32.9 Å². The fraction of sp³-hybridized carbons (Fsp3) is 0.297. The smallest absolute Gasteiger partial charge is 0.320 e. The van der Waals surface area contributed by atoms with Crippen molar-refractivity contribution < 1.29 is 19.1 Å². The van der Waals surface area contributed by atoms with Crippen LogP contribution in [0.25, 0.3) is 22.1 Å². The van der Waals surface area contributed by atoms with Gasteiger partial charge in [-0.1, -0.05) is 56.0 Å². The number of nitrogen functional groups attached to an aromatic ring is 2. The summed E-state index contributed by atoms with van der Waals surface area (Å²) in [5.41, 5.74) is 16.2. The van der Waals surface area contributed by atoms with E-state index in [0.717, 1.165) is 53.3 Å². The molecule has 5 aromatic rings. The Labute approximate surface area is 288 Å². The van der Waals surface area contributed by atoms with Crippen molar-refractivity contribution in [3.63, 3.8) is 0 Å². The maximum absolute atomic E-state index is 11.2.